The number of carbonyl (C=O) groups is 1. The number of hydrogen-bond donors (Lipinski definition) is 2. The second-order valence-electron chi connectivity index (χ2n) is 10.2. The Morgan fingerprint density at radius 3 is 2.74 bits per heavy atom. The molecule has 1 unspecified atom stereocenters. The van der Waals surface area contributed by atoms with Gasteiger partial charge in [0.15, 0.2) is 5.82 Å². The zero-order valence-corrected chi connectivity index (χ0v) is 20.4. The molecule has 0 radical (unpaired) electrons. The second kappa shape index (κ2) is 8.18. The van der Waals surface area contributed by atoms with Gasteiger partial charge >= 0.3 is 5.97 Å². The third kappa shape index (κ3) is 3.65. The van der Waals surface area contributed by atoms with Crippen LogP contribution in [0, 0.1) is 0 Å². The number of carboxylic acid groups (broad SMARTS) is 1. The molecule has 8 nitrogen and oxygen atoms in total. The topological polar surface area (TPSA) is 90.8 Å². The number of aromatic carboxylic acids is 1. The molecule has 1 aromatic heterocycles. The summed E-state index contributed by atoms with van der Waals surface area (Å²) in [7, 11) is 2.03. The Morgan fingerprint density at radius 2 is 2.06 bits per heavy atom. The summed E-state index contributed by atoms with van der Waals surface area (Å²) in [6.45, 7) is 10.5. The molecule has 1 aliphatic carbocycles. The molecule has 1 saturated carbocycles. The standard InChI is InChI=1S/C26H33N5O3/c1-6-20-15(2)30(5)21-14-27-25(29-23(21)31(20)16-9-7-8-10-16)28-19-12-11-17(24(32)33)18-13-26(3,4)34-22(18)19/h11-12,14,16,20H,2,6-10,13H2,1,3-5H3,(H,32,33)(H,27,28,29). The molecular weight excluding hydrogens is 430 g/mol. The van der Waals surface area contributed by atoms with Crippen LogP contribution < -0.4 is 19.9 Å². The Labute approximate surface area is 200 Å². The quantitative estimate of drug-likeness (QED) is 0.631. The maximum Gasteiger partial charge on any atom is 0.336 e. The van der Waals surface area contributed by atoms with Crippen molar-refractivity contribution in [2.24, 2.45) is 0 Å². The predicted molar refractivity (Wildman–Crippen MR) is 133 cm³/mol. The number of rotatable bonds is 5. The minimum absolute atomic E-state index is 0.201. The van der Waals surface area contributed by atoms with Crippen molar-refractivity contribution < 1.29 is 14.6 Å². The number of anilines is 4. The highest BCUT2D eigenvalue weighted by Gasteiger charge is 2.39. The Hall–Kier alpha value is -3.29. The van der Waals surface area contributed by atoms with Gasteiger partial charge in [0.2, 0.25) is 5.95 Å². The van der Waals surface area contributed by atoms with E-state index in [0.29, 0.717) is 35.4 Å². The van der Waals surface area contributed by atoms with Crippen LogP contribution in [0.3, 0.4) is 0 Å². The molecule has 1 fully saturated rings. The van der Waals surface area contributed by atoms with E-state index >= 15 is 0 Å². The molecule has 2 aliphatic heterocycles. The third-order valence-electron chi connectivity index (χ3n) is 7.33. The molecule has 3 heterocycles. The van der Waals surface area contributed by atoms with Gasteiger partial charge in [0, 0.05) is 30.8 Å². The highest BCUT2D eigenvalue weighted by atomic mass is 16.5. The van der Waals surface area contributed by atoms with Crippen molar-refractivity contribution in [3.63, 3.8) is 0 Å². The van der Waals surface area contributed by atoms with Gasteiger partial charge in [-0.1, -0.05) is 26.3 Å². The Morgan fingerprint density at radius 1 is 1.32 bits per heavy atom. The van der Waals surface area contributed by atoms with E-state index in [1.54, 1.807) is 12.1 Å². The van der Waals surface area contributed by atoms with Gasteiger partial charge in [0.1, 0.15) is 17.0 Å². The van der Waals surface area contributed by atoms with Crippen molar-refractivity contribution in [3.05, 3.63) is 41.7 Å². The highest BCUT2D eigenvalue weighted by molar-refractivity contribution is 5.92. The summed E-state index contributed by atoms with van der Waals surface area (Å²) in [6.07, 6.45) is 8.13. The van der Waals surface area contributed by atoms with Gasteiger partial charge in [-0.15, -0.1) is 0 Å². The van der Waals surface area contributed by atoms with E-state index in [1.807, 2.05) is 27.1 Å². The first-order valence-corrected chi connectivity index (χ1v) is 12.1. The number of ether oxygens (including phenoxy) is 1. The van der Waals surface area contributed by atoms with Crippen LogP contribution >= 0.6 is 0 Å². The van der Waals surface area contributed by atoms with Crippen LogP contribution in [0.1, 0.15) is 68.8 Å². The van der Waals surface area contributed by atoms with Crippen LogP contribution in [0.5, 0.6) is 5.75 Å². The first kappa shape index (κ1) is 22.5. The molecule has 0 saturated heterocycles. The lowest BCUT2D eigenvalue weighted by Crippen LogP contribution is -2.50. The van der Waals surface area contributed by atoms with E-state index in [0.717, 1.165) is 36.5 Å². The zero-order valence-electron chi connectivity index (χ0n) is 20.4. The summed E-state index contributed by atoms with van der Waals surface area (Å²) in [4.78, 5) is 25.9. The highest BCUT2D eigenvalue weighted by Crippen LogP contribution is 2.45. The second-order valence-corrected chi connectivity index (χ2v) is 10.2. The van der Waals surface area contributed by atoms with Gasteiger partial charge in [0.25, 0.3) is 0 Å². The Bertz CT molecular complexity index is 1160. The lowest BCUT2D eigenvalue weighted by molar-refractivity contribution is 0.0696. The van der Waals surface area contributed by atoms with E-state index in [1.165, 1.54) is 12.8 Å². The molecule has 2 aromatic rings. The largest absolute Gasteiger partial charge is 0.485 e. The summed E-state index contributed by atoms with van der Waals surface area (Å²) >= 11 is 0. The fraction of sp³-hybridized carbons (Fsp3) is 0.500. The van der Waals surface area contributed by atoms with Crippen molar-refractivity contribution >= 4 is 29.1 Å². The lowest BCUT2D eigenvalue weighted by Gasteiger charge is -2.46. The molecule has 34 heavy (non-hydrogen) atoms. The van der Waals surface area contributed by atoms with Gasteiger partial charge in [-0.05, 0) is 45.2 Å². The molecule has 0 bridgehead atoms. The summed E-state index contributed by atoms with van der Waals surface area (Å²) in [5, 5.41) is 13.0. The minimum atomic E-state index is -0.949. The number of fused-ring (bicyclic) bond motifs is 2. The maximum atomic E-state index is 11.8. The van der Waals surface area contributed by atoms with E-state index < -0.39 is 11.6 Å². The maximum absolute atomic E-state index is 11.8. The smallest absolute Gasteiger partial charge is 0.336 e. The monoisotopic (exact) mass is 463 g/mol. The number of likely N-dealkylation sites (N-methyl/N-ethyl adjacent to an activating group) is 1. The number of carboxylic acids is 1. The number of nitrogens with zero attached hydrogens (tertiary/aromatic N) is 4. The van der Waals surface area contributed by atoms with E-state index in [9.17, 15) is 9.90 Å². The molecule has 1 aromatic carbocycles. The molecule has 3 aliphatic rings. The molecule has 8 heteroatoms. The third-order valence-corrected chi connectivity index (χ3v) is 7.33. The summed E-state index contributed by atoms with van der Waals surface area (Å²) < 4.78 is 6.16. The fourth-order valence-electron chi connectivity index (χ4n) is 5.66. The minimum Gasteiger partial charge on any atom is -0.485 e. The predicted octanol–water partition coefficient (Wildman–Crippen LogP) is 5.12. The van der Waals surface area contributed by atoms with Gasteiger partial charge in [-0.2, -0.15) is 4.98 Å². The van der Waals surface area contributed by atoms with Crippen molar-refractivity contribution in [1.29, 1.82) is 0 Å². The van der Waals surface area contributed by atoms with Gasteiger partial charge < -0.3 is 25.0 Å². The van der Waals surface area contributed by atoms with Crippen molar-refractivity contribution in [2.75, 3.05) is 22.2 Å². The van der Waals surface area contributed by atoms with E-state index in [-0.39, 0.29) is 11.6 Å². The Kier molecular flexibility index (Phi) is 5.41. The van der Waals surface area contributed by atoms with Crippen LogP contribution in [-0.4, -0.2) is 45.8 Å². The summed E-state index contributed by atoms with van der Waals surface area (Å²) in [5.74, 6) is 1.01. The van der Waals surface area contributed by atoms with E-state index in [4.69, 9.17) is 9.72 Å². The van der Waals surface area contributed by atoms with Gasteiger partial charge in [0.05, 0.1) is 23.5 Å². The number of aromatic nitrogens is 2. The molecule has 2 N–H and O–H groups in total. The van der Waals surface area contributed by atoms with Gasteiger partial charge in [-0.25, -0.2) is 9.78 Å². The molecule has 1 atom stereocenters. The zero-order chi connectivity index (χ0) is 24.2. The van der Waals surface area contributed by atoms with Crippen LogP contribution in [0.25, 0.3) is 0 Å². The molecule has 0 spiro atoms. The lowest BCUT2D eigenvalue weighted by atomic mass is 9.97. The number of hydrogen-bond acceptors (Lipinski definition) is 7. The van der Waals surface area contributed by atoms with Crippen LogP contribution in [0.15, 0.2) is 30.6 Å². The number of nitrogens with one attached hydrogen (secondary N) is 1. The number of benzene rings is 1. The van der Waals surface area contributed by atoms with Crippen molar-refractivity contribution in [2.45, 2.75) is 77.0 Å². The van der Waals surface area contributed by atoms with Gasteiger partial charge in [-0.3, -0.25) is 0 Å². The van der Waals surface area contributed by atoms with E-state index in [2.05, 4.69) is 33.6 Å². The summed E-state index contributed by atoms with van der Waals surface area (Å²) in [5.41, 5.74) is 3.21. The van der Waals surface area contributed by atoms with Crippen LogP contribution in [0.4, 0.5) is 23.1 Å². The molecular formula is C26H33N5O3. The van der Waals surface area contributed by atoms with Crippen molar-refractivity contribution in [1.82, 2.24) is 9.97 Å². The average molecular weight is 464 g/mol. The Balaban J connectivity index is 1.55. The normalized spacial score (nSPS) is 21.3. The van der Waals surface area contributed by atoms with Crippen molar-refractivity contribution in [3.8, 4) is 5.75 Å². The van der Waals surface area contributed by atoms with Crippen LogP contribution in [-0.2, 0) is 6.42 Å². The summed E-state index contributed by atoms with van der Waals surface area (Å²) in [6, 6.07) is 4.01. The first-order valence-electron chi connectivity index (χ1n) is 12.1. The molecule has 180 valence electrons. The fourth-order valence-corrected chi connectivity index (χ4v) is 5.66. The molecule has 5 rings (SSSR count). The first-order chi connectivity index (χ1) is 16.2. The SMILES string of the molecule is C=C1C(CC)N(C2CCCC2)c2nc(Nc3ccc(C(=O)O)c4c3OC(C)(C)C4)ncc2N1C. The van der Waals surface area contributed by atoms with Crippen LogP contribution in [0.2, 0.25) is 0 Å². The molecule has 0 amide bonds. The average Bonchev–Trinajstić information content (AvgIpc) is 3.43.